The summed E-state index contributed by atoms with van der Waals surface area (Å²) < 4.78 is 0. The lowest BCUT2D eigenvalue weighted by Crippen LogP contribution is -2.41. The Kier molecular flexibility index (Phi) is 3.36. The van der Waals surface area contributed by atoms with Crippen LogP contribution in [0.25, 0.3) is 0 Å². The Balaban J connectivity index is 1.96. The first-order valence-corrected chi connectivity index (χ1v) is 6.24. The van der Waals surface area contributed by atoms with E-state index in [9.17, 15) is 0 Å². The van der Waals surface area contributed by atoms with Crippen LogP contribution in [0.2, 0.25) is 0 Å². The van der Waals surface area contributed by atoms with Crippen molar-refractivity contribution in [3.8, 4) is 0 Å². The van der Waals surface area contributed by atoms with E-state index in [-0.39, 0.29) is 0 Å². The van der Waals surface area contributed by atoms with E-state index >= 15 is 0 Å². The molecule has 0 aromatic heterocycles. The molecule has 0 spiro atoms. The summed E-state index contributed by atoms with van der Waals surface area (Å²) in [5.74, 6) is 1.63. The second kappa shape index (κ2) is 4.76. The molecule has 0 amide bonds. The summed E-state index contributed by atoms with van der Waals surface area (Å²) in [6.45, 7) is 6.33. The molecule has 0 bridgehead atoms. The zero-order valence-corrected chi connectivity index (χ0v) is 10.2. The topological polar surface area (TPSA) is 51.2 Å². The van der Waals surface area contributed by atoms with E-state index in [0.717, 1.165) is 18.9 Å². The van der Waals surface area contributed by atoms with Crippen LogP contribution in [0.1, 0.15) is 33.1 Å². The van der Waals surface area contributed by atoms with Gasteiger partial charge in [-0.3, -0.25) is 5.41 Å². The van der Waals surface area contributed by atoms with Gasteiger partial charge in [-0.25, -0.2) is 0 Å². The molecule has 2 unspecified atom stereocenters. The smallest absolute Gasteiger partial charge is 0.124 e. The first-order chi connectivity index (χ1) is 7.66. The normalized spacial score (nSPS) is 32.4. The fraction of sp³-hybridized carbons (Fsp3) is 0.750. The molecule has 2 saturated heterocycles. The average molecular weight is 222 g/mol. The van der Waals surface area contributed by atoms with Gasteiger partial charge < -0.3 is 15.5 Å². The third-order valence-electron chi connectivity index (χ3n) is 3.39. The molecule has 0 aromatic carbocycles. The van der Waals surface area contributed by atoms with E-state index in [0.29, 0.717) is 17.9 Å². The summed E-state index contributed by atoms with van der Waals surface area (Å²) in [7, 11) is 0. The number of amidine groups is 1. The summed E-state index contributed by atoms with van der Waals surface area (Å²) >= 11 is 0. The zero-order valence-electron chi connectivity index (χ0n) is 10.2. The monoisotopic (exact) mass is 222 g/mol. The van der Waals surface area contributed by atoms with Gasteiger partial charge in [0.25, 0.3) is 0 Å². The minimum Gasteiger partial charge on any atom is -0.370 e. The van der Waals surface area contributed by atoms with Crippen LogP contribution in [-0.4, -0.2) is 35.9 Å². The minimum absolute atomic E-state index is 0.470. The number of nitrogens with one attached hydrogen (secondary N) is 3. The predicted molar refractivity (Wildman–Crippen MR) is 66.4 cm³/mol. The maximum Gasteiger partial charge on any atom is 0.124 e. The molecule has 4 nitrogen and oxygen atoms in total. The number of likely N-dealkylation sites (tertiary alicyclic amines) is 1. The third-order valence-corrected chi connectivity index (χ3v) is 3.39. The lowest BCUT2D eigenvalue weighted by molar-refractivity contribution is 0.258. The Bertz CT molecular complexity index is 297. The Morgan fingerprint density at radius 1 is 1.44 bits per heavy atom. The van der Waals surface area contributed by atoms with Crippen LogP contribution in [0, 0.1) is 5.41 Å². The molecular formula is C12H22N4. The molecule has 2 fully saturated rings. The predicted octanol–water partition coefficient (Wildman–Crippen LogP) is 1.26. The summed E-state index contributed by atoms with van der Waals surface area (Å²) in [5, 5.41) is 14.7. The van der Waals surface area contributed by atoms with Crippen LogP contribution in [0.4, 0.5) is 0 Å². The van der Waals surface area contributed by atoms with E-state index in [1.165, 1.54) is 19.3 Å². The number of nitrogens with zero attached hydrogens (tertiary/aromatic N) is 1. The molecular weight excluding hydrogens is 200 g/mol. The molecule has 4 heteroatoms. The maximum absolute atomic E-state index is 8.11. The number of hydrogen-bond donors (Lipinski definition) is 3. The second-order valence-corrected chi connectivity index (χ2v) is 4.91. The van der Waals surface area contributed by atoms with Gasteiger partial charge in [-0.15, -0.1) is 0 Å². The van der Waals surface area contributed by atoms with Gasteiger partial charge in [0.15, 0.2) is 0 Å². The van der Waals surface area contributed by atoms with Crippen molar-refractivity contribution in [3.63, 3.8) is 0 Å². The van der Waals surface area contributed by atoms with E-state index < -0.39 is 0 Å². The number of piperidine rings is 1. The Morgan fingerprint density at radius 3 is 2.88 bits per heavy atom. The molecule has 2 aliphatic rings. The molecule has 2 heterocycles. The largest absolute Gasteiger partial charge is 0.370 e. The van der Waals surface area contributed by atoms with Gasteiger partial charge in [0.1, 0.15) is 11.7 Å². The number of hydrogen-bond acceptors (Lipinski definition) is 3. The average Bonchev–Trinajstić information content (AvgIpc) is 2.64. The lowest BCUT2D eigenvalue weighted by Gasteiger charge is -2.34. The maximum atomic E-state index is 8.11. The Morgan fingerprint density at radius 2 is 2.25 bits per heavy atom. The fourth-order valence-electron chi connectivity index (χ4n) is 2.40. The van der Waals surface area contributed by atoms with Gasteiger partial charge in [0.2, 0.25) is 0 Å². The third kappa shape index (κ3) is 2.49. The highest BCUT2D eigenvalue weighted by Gasteiger charge is 2.21. The van der Waals surface area contributed by atoms with Crippen molar-refractivity contribution in [2.45, 2.75) is 45.2 Å². The lowest BCUT2D eigenvalue weighted by atomic mass is 10.0. The van der Waals surface area contributed by atoms with E-state index in [4.69, 9.17) is 5.41 Å². The van der Waals surface area contributed by atoms with Crippen molar-refractivity contribution >= 4 is 5.84 Å². The van der Waals surface area contributed by atoms with Crippen LogP contribution < -0.4 is 10.6 Å². The summed E-state index contributed by atoms with van der Waals surface area (Å²) in [4.78, 5) is 2.20. The molecule has 2 aliphatic heterocycles. The van der Waals surface area contributed by atoms with E-state index in [1.807, 2.05) is 6.08 Å². The summed E-state index contributed by atoms with van der Waals surface area (Å²) in [6, 6.07) is 0.981. The Hall–Kier alpha value is -1.19. The van der Waals surface area contributed by atoms with Crippen LogP contribution in [0.3, 0.4) is 0 Å². The van der Waals surface area contributed by atoms with Crippen LogP contribution >= 0.6 is 0 Å². The molecule has 2 rings (SSSR count). The van der Waals surface area contributed by atoms with Gasteiger partial charge in [-0.1, -0.05) is 0 Å². The standard InChI is InChI=1S/C12H22N4/c1-9-8-14-12(15-9)7-11(13)16-6-4-3-5-10(16)2/h7,9-10,13-15H,3-6,8H2,1-2H3/b12-7-,13-11?. The van der Waals surface area contributed by atoms with Crippen molar-refractivity contribution in [2.24, 2.45) is 0 Å². The van der Waals surface area contributed by atoms with Gasteiger partial charge in [0.05, 0.1) is 0 Å². The van der Waals surface area contributed by atoms with Gasteiger partial charge in [-0.2, -0.15) is 0 Å². The van der Waals surface area contributed by atoms with Crippen molar-refractivity contribution in [3.05, 3.63) is 11.9 Å². The van der Waals surface area contributed by atoms with Crippen molar-refractivity contribution in [2.75, 3.05) is 13.1 Å². The van der Waals surface area contributed by atoms with Gasteiger partial charge in [-0.05, 0) is 33.1 Å². The Labute approximate surface area is 97.6 Å². The first kappa shape index (κ1) is 11.3. The molecule has 16 heavy (non-hydrogen) atoms. The SMILES string of the molecule is CC1CN/C(=C/C(=N)N2CCCCC2C)N1. The number of rotatable bonds is 1. The molecule has 2 atom stereocenters. The molecule has 3 N–H and O–H groups in total. The molecule has 0 radical (unpaired) electrons. The fourth-order valence-corrected chi connectivity index (χ4v) is 2.40. The van der Waals surface area contributed by atoms with Crippen LogP contribution in [0.15, 0.2) is 11.9 Å². The van der Waals surface area contributed by atoms with Crippen LogP contribution in [-0.2, 0) is 0 Å². The first-order valence-electron chi connectivity index (χ1n) is 6.24. The second-order valence-electron chi connectivity index (χ2n) is 4.91. The highest BCUT2D eigenvalue weighted by molar-refractivity contribution is 5.91. The molecule has 0 aromatic rings. The van der Waals surface area contributed by atoms with Gasteiger partial charge in [0, 0.05) is 31.2 Å². The summed E-state index contributed by atoms with van der Waals surface area (Å²) in [6.07, 6.45) is 5.65. The highest BCUT2D eigenvalue weighted by atomic mass is 15.2. The molecule has 0 aliphatic carbocycles. The summed E-state index contributed by atoms with van der Waals surface area (Å²) in [5.41, 5.74) is 0. The zero-order chi connectivity index (χ0) is 11.5. The van der Waals surface area contributed by atoms with Crippen molar-refractivity contribution < 1.29 is 0 Å². The van der Waals surface area contributed by atoms with Gasteiger partial charge >= 0.3 is 0 Å². The highest BCUT2D eigenvalue weighted by Crippen LogP contribution is 2.17. The molecule has 90 valence electrons. The van der Waals surface area contributed by atoms with Crippen LogP contribution in [0.5, 0.6) is 0 Å². The van der Waals surface area contributed by atoms with E-state index in [2.05, 4.69) is 29.4 Å². The quantitative estimate of drug-likeness (QED) is 0.462. The van der Waals surface area contributed by atoms with Crippen molar-refractivity contribution in [1.29, 1.82) is 5.41 Å². The minimum atomic E-state index is 0.470. The molecule has 0 saturated carbocycles. The van der Waals surface area contributed by atoms with Crippen molar-refractivity contribution in [1.82, 2.24) is 15.5 Å². The van der Waals surface area contributed by atoms with E-state index in [1.54, 1.807) is 0 Å².